The first kappa shape index (κ1) is 21.1. The molecule has 3 aromatic rings. The van der Waals surface area contributed by atoms with Crippen molar-refractivity contribution in [3.63, 3.8) is 0 Å². The quantitative estimate of drug-likeness (QED) is 0.625. The highest BCUT2D eigenvalue weighted by Gasteiger charge is 2.19. The number of ether oxygens (including phenoxy) is 2. The summed E-state index contributed by atoms with van der Waals surface area (Å²) in [5.74, 6) is 0.740. The molecule has 1 saturated heterocycles. The Hall–Kier alpha value is -3.14. The predicted octanol–water partition coefficient (Wildman–Crippen LogP) is 2.48. The molecule has 9 nitrogen and oxygen atoms in total. The zero-order chi connectivity index (χ0) is 21.8. The van der Waals surface area contributed by atoms with Gasteiger partial charge in [0.05, 0.1) is 14.2 Å². The SMILES string of the molecule is COc1ccc(CNC(=O)c2cnc3sc(N4CCCCCC4)nn3c2=O)c(OC)c1. The lowest BCUT2D eigenvalue weighted by atomic mass is 10.2. The fourth-order valence-electron chi connectivity index (χ4n) is 3.59. The maximum atomic E-state index is 12.9. The summed E-state index contributed by atoms with van der Waals surface area (Å²) in [6.45, 7) is 2.04. The van der Waals surface area contributed by atoms with Crippen LogP contribution in [-0.4, -0.2) is 47.8 Å². The van der Waals surface area contributed by atoms with E-state index in [9.17, 15) is 9.59 Å². The van der Waals surface area contributed by atoms with E-state index >= 15 is 0 Å². The van der Waals surface area contributed by atoms with E-state index in [1.54, 1.807) is 32.4 Å². The number of rotatable bonds is 6. The van der Waals surface area contributed by atoms with Crippen LogP contribution < -0.4 is 25.2 Å². The molecule has 0 radical (unpaired) electrons. The van der Waals surface area contributed by atoms with Crippen molar-refractivity contribution in [3.8, 4) is 11.5 Å². The number of carbonyl (C=O) groups is 1. The molecule has 10 heteroatoms. The van der Waals surface area contributed by atoms with Crippen LogP contribution in [0.2, 0.25) is 0 Å². The van der Waals surface area contributed by atoms with Crippen LogP contribution >= 0.6 is 11.3 Å². The second-order valence-corrected chi connectivity index (χ2v) is 8.25. The number of carbonyl (C=O) groups excluding carboxylic acids is 1. The van der Waals surface area contributed by atoms with Crippen LogP contribution in [0.1, 0.15) is 41.6 Å². The average molecular weight is 444 g/mol. The van der Waals surface area contributed by atoms with Gasteiger partial charge >= 0.3 is 0 Å². The average Bonchev–Trinajstić information content (AvgIpc) is 3.05. The van der Waals surface area contributed by atoms with Crippen molar-refractivity contribution in [2.45, 2.75) is 32.2 Å². The molecule has 1 fully saturated rings. The molecular formula is C21H25N5O4S. The van der Waals surface area contributed by atoms with Crippen molar-refractivity contribution in [3.05, 3.63) is 45.9 Å². The molecule has 2 aromatic heterocycles. The molecule has 0 spiro atoms. The molecular weight excluding hydrogens is 418 g/mol. The molecule has 164 valence electrons. The van der Waals surface area contributed by atoms with E-state index < -0.39 is 11.5 Å². The lowest BCUT2D eigenvalue weighted by Gasteiger charge is -2.17. The Bertz CT molecular complexity index is 1130. The number of aromatic nitrogens is 3. The highest BCUT2D eigenvalue weighted by molar-refractivity contribution is 7.20. The minimum absolute atomic E-state index is 0.0438. The van der Waals surface area contributed by atoms with Gasteiger partial charge in [0.15, 0.2) is 0 Å². The molecule has 0 aliphatic carbocycles. The number of amides is 1. The number of hydrogen-bond donors (Lipinski definition) is 1. The van der Waals surface area contributed by atoms with Crippen LogP contribution in [0.3, 0.4) is 0 Å². The summed E-state index contributed by atoms with van der Waals surface area (Å²) in [5, 5.41) is 7.99. The van der Waals surface area contributed by atoms with Gasteiger partial charge in [-0.05, 0) is 25.0 Å². The second kappa shape index (κ2) is 9.34. The maximum Gasteiger partial charge on any atom is 0.288 e. The third-order valence-electron chi connectivity index (χ3n) is 5.33. The van der Waals surface area contributed by atoms with Gasteiger partial charge in [-0.25, -0.2) is 4.98 Å². The first-order valence-corrected chi connectivity index (χ1v) is 11.1. The number of hydrogen-bond acceptors (Lipinski definition) is 8. The Kier molecular flexibility index (Phi) is 6.36. The molecule has 0 bridgehead atoms. The zero-order valence-electron chi connectivity index (χ0n) is 17.6. The Balaban J connectivity index is 1.53. The van der Waals surface area contributed by atoms with Crippen LogP contribution in [0, 0.1) is 0 Å². The molecule has 1 aliphatic heterocycles. The molecule has 1 aliphatic rings. The summed E-state index contributed by atoms with van der Waals surface area (Å²) >= 11 is 1.37. The van der Waals surface area contributed by atoms with Gasteiger partial charge in [-0.2, -0.15) is 4.52 Å². The second-order valence-electron chi connectivity index (χ2n) is 7.32. The molecule has 0 atom stereocenters. The fourth-order valence-corrected chi connectivity index (χ4v) is 4.50. The van der Waals surface area contributed by atoms with E-state index in [1.807, 2.05) is 0 Å². The lowest BCUT2D eigenvalue weighted by molar-refractivity contribution is 0.0948. The molecule has 31 heavy (non-hydrogen) atoms. The van der Waals surface area contributed by atoms with Gasteiger partial charge in [0.25, 0.3) is 11.5 Å². The van der Waals surface area contributed by atoms with E-state index in [4.69, 9.17) is 9.47 Å². The third kappa shape index (κ3) is 4.48. The van der Waals surface area contributed by atoms with Gasteiger partial charge < -0.3 is 19.7 Å². The summed E-state index contributed by atoms with van der Waals surface area (Å²) in [5.41, 5.74) is 0.252. The highest BCUT2D eigenvalue weighted by Crippen LogP contribution is 2.25. The van der Waals surface area contributed by atoms with Crippen molar-refractivity contribution in [1.82, 2.24) is 19.9 Å². The van der Waals surface area contributed by atoms with Crippen LogP contribution in [0.15, 0.2) is 29.2 Å². The standard InChI is InChI=1S/C21H25N5O4S/c1-29-15-8-7-14(17(11-15)30-2)12-22-18(27)16-13-23-20-26(19(16)28)24-21(31-20)25-9-5-3-4-6-10-25/h7-8,11,13H,3-6,9-10,12H2,1-2H3,(H,22,27). The highest BCUT2D eigenvalue weighted by atomic mass is 32.1. The topological polar surface area (TPSA) is 98.1 Å². The molecule has 0 unspecified atom stereocenters. The minimum atomic E-state index is -0.505. The largest absolute Gasteiger partial charge is 0.497 e. The summed E-state index contributed by atoms with van der Waals surface area (Å²) in [6.07, 6.45) is 5.97. The first-order valence-electron chi connectivity index (χ1n) is 10.2. The van der Waals surface area contributed by atoms with Crippen molar-refractivity contribution in [1.29, 1.82) is 0 Å². The minimum Gasteiger partial charge on any atom is -0.497 e. The van der Waals surface area contributed by atoms with Gasteiger partial charge in [-0.3, -0.25) is 9.59 Å². The van der Waals surface area contributed by atoms with Gasteiger partial charge in [-0.15, -0.1) is 5.10 Å². The van der Waals surface area contributed by atoms with Crippen molar-refractivity contribution in [2.75, 3.05) is 32.2 Å². The summed E-state index contributed by atoms with van der Waals surface area (Å²) in [4.78, 5) is 32.6. The van der Waals surface area contributed by atoms with Gasteiger partial charge in [-0.1, -0.05) is 24.2 Å². The van der Waals surface area contributed by atoms with Gasteiger partial charge in [0.2, 0.25) is 10.1 Å². The summed E-state index contributed by atoms with van der Waals surface area (Å²) in [7, 11) is 3.12. The lowest BCUT2D eigenvalue weighted by Crippen LogP contribution is -2.31. The molecule has 1 N–H and O–H groups in total. The molecule has 1 aromatic carbocycles. The predicted molar refractivity (Wildman–Crippen MR) is 119 cm³/mol. The van der Waals surface area contributed by atoms with Crippen LogP contribution in [0.25, 0.3) is 4.96 Å². The van der Waals surface area contributed by atoms with Crippen molar-refractivity contribution in [2.24, 2.45) is 0 Å². The number of nitrogens with one attached hydrogen (secondary N) is 1. The first-order chi connectivity index (χ1) is 15.1. The van der Waals surface area contributed by atoms with E-state index in [0.29, 0.717) is 16.5 Å². The fraction of sp³-hybridized carbons (Fsp3) is 0.429. The summed E-state index contributed by atoms with van der Waals surface area (Å²) < 4.78 is 11.8. The van der Waals surface area contributed by atoms with Crippen LogP contribution in [0.5, 0.6) is 11.5 Å². The number of anilines is 1. The van der Waals surface area contributed by atoms with Crippen molar-refractivity contribution >= 4 is 27.3 Å². The summed E-state index contributed by atoms with van der Waals surface area (Å²) in [6, 6.07) is 5.33. The maximum absolute atomic E-state index is 12.9. The molecule has 3 heterocycles. The van der Waals surface area contributed by atoms with Crippen molar-refractivity contribution < 1.29 is 14.3 Å². The number of fused-ring (bicyclic) bond motifs is 1. The van der Waals surface area contributed by atoms with Gasteiger partial charge in [0.1, 0.15) is 17.1 Å². The Morgan fingerprint density at radius 1 is 1.16 bits per heavy atom. The third-order valence-corrected chi connectivity index (χ3v) is 6.31. The number of nitrogens with zero attached hydrogens (tertiary/aromatic N) is 4. The van der Waals surface area contributed by atoms with E-state index in [-0.39, 0.29) is 12.1 Å². The molecule has 1 amide bonds. The van der Waals surface area contributed by atoms with E-state index in [2.05, 4.69) is 20.3 Å². The number of benzene rings is 1. The van der Waals surface area contributed by atoms with Crippen LogP contribution in [-0.2, 0) is 6.54 Å². The molecule has 0 saturated carbocycles. The monoisotopic (exact) mass is 443 g/mol. The Labute approximate surface area is 183 Å². The molecule has 4 rings (SSSR count). The van der Waals surface area contributed by atoms with Crippen LogP contribution in [0.4, 0.5) is 5.13 Å². The Morgan fingerprint density at radius 3 is 2.65 bits per heavy atom. The Morgan fingerprint density at radius 2 is 1.94 bits per heavy atom. The normalized spacial score (nSPS) is 14.3. The number of methoxy groups -OCH3 is 2. The van der Waals surface area contributed by atoms with E-state index in [0.717, 1.165) is 36.6 Å². The smallest absolute Gasteiger partial charge is 0.288 e. The zero-order valence-corrected chi connectivity index (χ0v) is 18.4. The van der Waals surface area contributed by atoms with Gasteiger partial charge in [0, 0.05) is 37.5 Å². The van der Waals surface area contributed by atoms with E-state index in [1.165, 1.54) is 34.9 Å².